The lowest BCUT2D eigenvalue weighted by atomic mass is 9.91. The van der Waals surface area contributed by atoms with E-state index in [1.807, 2.05) is 0 Å². The molecule has 2 aromatic heterocycles. The van der Waals surface area contributed by atoms with Crippen LogP contribution in [0.1, 0.15) is 17.0 Å². The van der Waals surface area contributed by atoms with Gasteiger partial charge in [0.05, 0.1) is 56.8 Å². The number of rotatable bonds is 3. The van der Waals surface area contributed by atoms with Crippen LogP contribution in [0.5, 0.6) is 0 Å². The number of nitrogens with zero attached hydrogens (tertiary/aromatic N) is 4. The molecule has 4 heteroatoms. The molecule has 2 atom stereocenters. The number of para-hydroxylation sites is 5. The minimum absolute atomic E-state index is 0.0733. The van der Waals surface area contributed by atoms with Gasteiger partial charge < -0.3 is 14.0 Å². The second-order valence-electron chi connectivity index (χ2n) is 12.4. The molecule has 8 aromatic rings. The monoisotopic (exact) mass is 600 g/mol. The standard InChI is InChI=1S/C43H28N4/c44-27-28-25-41(45-35-19-7-1-13-29(35)30-14-2-8-20-36(30)45)43(47-39-23-11-5-17-33(39)34-18-6-12-24-40(34)47)42(26-28)46-37-21-9-3-15-31(37)32-16-4-10-22-38(32)46/h1-26,29,35H. The summed E-state index contributed by atoms with van der Waals surface area (Å²) in [6.45, 7) is 0. The highest BCUT2D eigenvalue weighted by atomic mass is 15.2. The van der Waals surface area contributed by atoms with E-state index in [4.69, 9.17) is 0 Å². The predicted octanol–water partition coefficient (Wildman–Crippen LogP) is 10.5. The number of allylic oxidation sites excluding steroid dienone is 2. The first-order valence-corrected chi connectivity index (χ1v) is 16.1. The lowest BCUT2D eigenvalue weighted by molar-refractivity contribution is 0.743. The summed E-state index contributed by atoms with van der Waals surface area (Å²) in [7, 11) is 0. The molecule has 0 bridgehead atoms. The minimum atomic E-state index is 0.0733. The average Bonchev–Trinajstić information content (AvgIpc) is 3.77. The summed E-state index contributed by atoms with van der Waals surface area (Å²) in [5.41, 5.74) is 10.6. The highest BCUT2D eigenvalue weighted by Crippen LogP contribution is 2.51. The minimum Gasteiger partial charge on any atom is -0.331 e. The largest absolute Gasteiger partial charge is 0.331 e. The zero-order valence-corrected chi connectivity index (χ0v) is 25.5. The highest BCUT2D eigenvalue weighted by molar-refractivity contribution is 6.12. The van der Waals surface area contributed by atoms with E-state index in [2.05, 4.69) is 178 Å². The smallest absolute Gasteiger partial charge is 0.0993 e. The number of hydrogen-bond acceptors (Lipinski definition) is 2. The molecule has 1 aliphatic carbocycles. The molecular weight excluding hydrogens is 573 g/mol. The molecular formula is C43H28N4. The van der Waals surface area contributed by atoms with Gasteiger partial charge >= 0.3 is 0 Å². The third-order valence-electron chi connectivity index (χ3n) is 10.0. The highest BCUT2D eigenvalue weighted by Gasteiger charge is 2.39. The molecule has 0 radical (unpaired) electrons. The summed E-state index contributed by atoms with van der Waals surface area (Å²) in [5, 5.41) is 15.4. The van der Waals surface area contributed by atoms with Crippen molar-refractivity contribution >= 4 is 55.0 Å². The second-order valence-corrected chi connectivity index (χ2v) is 12.4. The van der Waals surface area contributed by atoms with Crippen LogP contribution in [0.4, 0.5) is 11.4 Å². The molecule has 6 aromatic carbocycles. The molecule has 0 spiro atoms. The Morgan fingerprint density at radius 1 is 0.489 bits per heavy atom. The van der Waals surface area contributed by atoms with Crippen molar-refractivity contribution < 1.29 is 0 Å². The summed E-state index contributed by atoms with van der Waals surface area (Å²) >= 11 is 0. The number of fused-ring (bicyclic) bond motifs is 9. The number of benzene rings is 6. The molecule has 0 fully saturated rings. The van der Waals surface area contributed by atoms with Gasteiger partial charge in [-0.2, -0.15) is 5.26 Å². The molecule has 0 amide bonds. The fraction of sp³-hybridized carbons (Fsp3) is 0.0465. The van der Waals surface area contributed by atoms with Crippen molar-refractivity contribution in [1.82, 2.24) is 9.13 Å². The third kappa shape index (κ3) is 3.57. The van der Waals surface area contributed by atoms with Gasteiger partial charge in [-0.25, -0.2) is 0 Å². The first kappa shape index (κ1) is 26.0. The van der Waals surface area contributed by atoms with Crippen LogP contribution < -0.4 is 4.90 Å². The summed E-state index contributed by atoms with van der Waals surface area (Å²) in [6.07, 6.45) is 8.93. The van der Waals surface area contributed by atoms with Crippen molar-refractivity contribution in [3.63, 3.8) is 0 Å². The topological polar surface area (TPSA) is 36.9 Å². The Hall–Kier alpha value is -6.31. The number of nitriles is 1. The van der Waals surface area contributed by atoms with Crippen LogP contribution in [-0.2, 0) is 0 Å². The summed E-state index contributed by atoms with van der Waals surface area (Å²) in [6, 6.07) is 50.1. The summed E-state index contributed by atoms with van der Waals surface area (Å²) in [5.74, 6) is 0.213. The molecule has 0 saturated heterocycles. The van der Waals surface area contributed by atoms with Crippen molar-refractivity contribution in [2.45, 2.75) is 12.0 Å². The Morgan fingerprint density at radius 2 is 0.979 bits per heavy atom. The van der Waals surface area contributed by atoms with E-state index in [0.29, 0.717) is 5.56 Å². The van der Waals surface area contributed by atoms with Gasteiger partial charge in [0.25, 0.3) is 0 Å². The third-order valence-corrected chi connectivity index (χ3v) is 10.0. The maximum atomic E-state index is 10.6. The van der Waals surface area contributed by atoms with Gasteiger partial charge in [-0.1, -0.05) is 115 Å². The molecule has 2 aliphatic rings. The van der Waals surface area contributed by atoms with Gasteiger partial charge in [0.1, 0.15) is 0 Å². The molecule has 0 saturated carbocycles. The molecule has 220 valence electrons. The van der Waals surface area contributed by atoms with Crippen molar-refractivity contribution in [3.05, 3.63) is 169 Å². The van der Waals surface area contributed by atoms with Gasteiger partial charge in [0, 0.05) is 33.2 Å². The first-order chi connectivity index (χ1) is 23.3. The van der Waals surface area contributed by atoms with E-state index in [1.54, 1.807) is 0 Å². The van der Waals surface area contributed by atoms with Crippen molar-refractivity contribution in [2.24, 2.45) is 0 Å². The number of aromatic nitrogens is 2. The molecule has 4 nitrogen and oxygen atoms in total. The Kier molecular flexibility index (Phi) is 5.44. The van der Waals surface area contributed by atoms with Gasteiger partial charge in [0.15, 0.2) is 0 Å². The first-order valence-electron chi connectivity index (χ1n) is 16.1. The number of anilines is 2. The van der Waals surface area contributed by atoms with Crippen LogP contribution in [0.2, 0.25) is 0 Å². The SMILES string of the molecule is N#Cc1cc(N2c3ccccc3C3C=CC=CC32)c(-n2c3ccccc3c3ccccc32)c(-n2c3ccccc3c3ccccc32)c1. The molecule has 10 rings (SSSR count). The molecule has 2 unspecified atom stereocenters. The van der Waals surface area contributed by atoms with E-state index in [0.717, 1.165) is 39.1 Å². The van der Waals surface area contributed by atoms with Crippen LogP contribution in [0.15, 0.2) is 158 Å². The Balaban J connectivity index is 1.43. The fourth-order valence-electron chi connectivity index (χ4n) is 8.17. The zero-order valence-electron chi connectivity index (χ0n) is 25.5. The molecule has 3 heterocycles. The van der Waals surface area contributed by atoms with Crippen LogP contribution in [0, 0.1) is 11.3 Å². The summed E-state index contributed by atoms with van der Waals surface area (Å²) < 4.78 is 4.79. The number of hydrogen-bond donors (Lipinski definition) is 0. The van der Waals surface area contributed by atoms with Crippen LogP contribution >= 0.6 is 0 Å². The molecule has 1 aliphatic heterocycles. The van der Waals surface area contributed by atoms with Gasteiger partial charge in [-0.3, -0.25) is 0 Å². The Morgan fingerprint density at radius 3 is 1.57 bits per heavy atom. The van der Waals surface area contributed by atoms with E-state index in [-0.39, 0.29) is 12.0 Å². The van der Waals surface area contributed by atoms with Crippen LogP contribution in [0.3, 0.4) is 0 Å². The Labute approximate surface area is 271 Å². The second kappa shape index (κ2) is 9.84. The van der Waals surface area contributed by atoms with Crippen molar-refractivity contribution in [1.29, 1.82) is 5.26 Å². The quantitative estimate of drug-likeness (QED) is 0.202. The maximum absolute atomic E-state index is 10.6. The van der Waals surface area contributed by atoms with E-state index >= 15 is 0 Å². The maximum Gasteiger partial charge on any atom is 0.0993 e. The average molecular weight is 601 g/mol. The normalized spacial score (nSPS) is 16.7. The summed E-state index contributed by atoms with van der Waals surface area (Å²) in [4.78, 5) is 2.47. The van der Waals surface area contributed by atoms with E-state index < -0.39 is 0 Å². The van der Waals surface area contributed by atoms with Crippen molar-refractivity contribution in [3.8, 4) is 17.4 Å². The van der Waals surface area contributed by atoms with E-state index in [9.17, 15) is 5.26 Å². The van der Waals surface area contributed by atoms with Gasteiger partial charge in [-0.15, -0.1) is 0 Å². The molecule has 47 heavy (non-hydrogen) atoms. The van der Waals surface area contributed by atoms with Gasteiger partial charge in [-0.05, 0) is 48.0 Å². The zero-order chi connectivity index (χ0) is 31.1. The molecule has 0 N–H and O–H groups in total. The van der Waals surface area contributed by atoms with Gasteiger partial charge in [0.2, 0.25) is 0 Å². The van der Waals surface area contributed by atoms with Crippen LogP contribution in [0.25, 0.3) is 55.0 Å². The van der Waals surface area contributed by atoms with Crippen molar-refractivity contribution in [2.75, 3.05) is 4.90 Å². The Bertz CT molecular complexity index is 2570. The fourth-order valence-corrected chi connectivity index (χ4v) is 8.17. The lowest BCUT2D eigenvalue weighted by Crippen LogP contribution is -2.30. The lowest BCUT2D eigenvalue weighted by Gasteiger charge is -2.32. The van der Waals surface area contributed by atoms with E-state index in [1.165, 1.54) is 32.8 Å². The predicted molar refractivity (Wildman–Crippen MR) is 193 cm³/mol. The van der Waals surface area contributed by atoms with Crippen LogP contribution in [-0.4, -0.2) is 15.2 Å².